The quantitative estimate of drug-likeness (QED) is 0.665. The van der Waals surface area contributed by atoms with Crippen molar-refractivity contribution in [2.45, 2.75) is 27.2 Å². The summed E-state index contributed by atoms with van der Waals surface area (Å²) >= 11 is 0. The standard InChI is InChI=1S/C26H32N4O/c1-5-7-20-22(6-2)27-17-24(20)30-14-12-29(13-15-30)11-10-19-8-9-23-21(16-19)25(18(3)4)26(31)28-23/h5-9,16-17,27H,2,10-15H2,1,3-4H3,(H,28,31)/b7-5-. The Hall–Kier alpha value is -3.05. The molecule has 1 aromatic carbocycles. The van der Waals surface area contributed by atoms with E-state index in [-0.39, 0.29) is 5.91 Å². The number of benzene rings is 1. The van der Waals surface area contributed by atoms with Gasteiger partial charge in [0.05, 0.1) is 5.69 Å². The molecule has 0 saturated carbocycles. The number of nitrogens with one attached hydrogen (secondary N) is 2. The molecule has 2 aromatic rings. The van der Waals surface area contributed by atoms with E-state index < -0.39 is 0 Å². The highest BCUT2D eigenvalue weighted by Gasteiger charge is 2.25. The summed E-state index contributed by atoms with van der Waals surface area (Å²) in [6, 6.07) is 6.37. The van der Waals surface area contributed by atoms with Crippen LogP contribution in [-0.4, -0.2) is 48.5 Å². The number of carbonyl (C=O) groups excluding carboxylic acids is 1. The molecule has 0 bridgehead atoms. The highest BCUT2D eigenvalue weighted by molar-refractivity contribution is 6.32. The summed E-state index contributed by atoms with van der Waals surface area (Å²) in [5, 5.41) is 2.98. The zero-order valence-corrected chi connectivity index (χ0v) is 18.8. The molecule has 1 fully saturated rings. The van der Waals surface area contributed by atoms with Crippen LogP contribution in [-0.2, 0) is 11.2 Å². The first-order valence-corrected chi connectivity index (χ1v) is 11.1. The van der Waals surface area contributed by atoms with Crippen LogP contribution in [0.4, 0.5) is 11.4 Å². The smallest absolute Gasteiger partial charge is 0.256 e. The molecule has 2 aliphatic heterocycles. The number of allylic oxidation sites excluding steroid dienone is 2. The molecule has 0 atom stereocenters. The SMILES string of the molecule is C=Cc1[nH]cc(N2CCN(CCc3ccc4c(c3)C(=C(C)C)C(=O)N4)CC2)c1/C=C\C. The Morgan fingerprint density at radius 3 is 2.65 bits per heavy atom. The number of fused-ring (bicyclic) bond motifs is 1. The van der Waals surface area contributed by atoms with Crippen LogP contribution in [0.1, 0.15) is 43.2 Å². The average Bonchev–Trinajstić information content (AvgIpc) is 3.32. The monoisotopic (exact) mass is 416 g/mol. The van der Waals surface area contributed by atoms with Gasteiger partial charge in [-0.25, -0.2) is 0 Å². The molecule has 2 N–H and O–H groups in total. The van der Waals surface area contributed by atoms with Crippen LogP contribution >= 0.6 is 0 Å². The topological polar surface area (TPSA) is 51.4 Å². The van der Waals surface area contributed by atoms with Gasteiger partial charge in [-0.2, -0.15) is 0 Å². The van der Waals surface area contributed by atoms with Crippen molar-refractivity contribution in [3.63, 3.8) is 0 Å². The Labute approximate surface area is 185 Å². The van der Waals surface area contributed by atoms with E-state index >= 15 is 0 Å². The van der Waals surface area contributed by atoms with Gasteiger partial charge in [0, 0.05) is 67.0 Å². The molecule has 4 rings (SSSR count). The number of H-pyrrole nitrogens is 1. The predicted molar refractivity (Wildman–Crippen MR) is 131 cm³/mol. The number of carbonyl (C=O) groups is 1. The molecule has 0 unspecified atom stereocenters. The lowest BCUT2D eigenvalue weighted by Gasteiger charge is -2.36. The van der Waals surface area contributed by atoms with Gasteiger partial charge in [-0.1, -0.05) is 30.4 Å². The predicted octanol–water partition coefficient (Wildman–Crippen LogP) is 4.80. The van der Waals surface area contributed by atoms with E-state index in [0.717, 1.165) is 67.2 Å². The van der Waals surface area contributed by atoms with Gasteiger partial charge >= 0.3 is 0 Å². The fraction of sp³-hybridized carbons (Fsp3) is 0.346. The third kappa shape index (κ3) is 4.23. The molecule has 162 valence electrons. The Morgan fingerprint density at radius 2 is 1.97 bits per heavy atom. The fourth-order valence-electron chi connectivity index (χ4n) is 4.58. The molecular weight excluding hydrogens is 384 g/mol. The second kappa shape index (κ2) is 8.98. The van der Waals surface area contributed by atoms with Crippen molar-refractivity contribution in [3.05, 3.63) is 65.0 Å². The van der Waals surface area contributed by atoms with Crippen molar-refractivity contribution in [3.8, 4) is 0 Å². The first kappa shape index (κ1) is 21.2. The van der Waals surface area contributed by atoms with Crippen LogP contribution in [0.2, 0.25) is 0 Å². The maximum Gasteiger partial charge on any atom is 0.256 e. The van der Waals surface area contributed by atoms with Gasteiger partial charge in [-0.15, -0.1) is 0 Å². The number of rotatable bonds is 6. The van der Waals surface area contributed by atoms with E-state index in [1.165, 1.54) is 16.8 Å². The molecule has 1 amide bonds. The van der Waals surface area contributed by atoms with Crippen LogP contribution < -0.4 is 10.2 Å². The van der Waals surface area contributed by atoms with E-state index in [2.05, 4.69) is 57.2 Å². The van der Waals surface area contributed by atoms with Gasteiger partial charge in [0.25, 0.3) is 5.91 Å². The second-order valence-corrected chi connectivity index (χ2v) is 8.49. The van der Waals surface area contributed by atoms with E-state index in [4.69, 9.17) is 0 Å². The van der Waals surface area contributed by atoms with Crippen LogP contribution in [0.15, 0.2) is 42.6 Å². The summed E-state index contributed by atoms with van der Waals surface area (Å²) in [6.07, 6.45) is 9.21. The Morgan fingerprint density at radius 1 is 1.19 bits per heavy atom. The molecule has 1 saturated heterocycles. The Kier molecular flexibility index (Phi) is 6.14. The van der Waals surface area contributed by atoms with Gasteiger partial charge in [0.1, 0.15) is 0 Å². The number of anilines is 2. The van der Waals surface area contributed by atoms with Crippen molar-refractivity contribution < 1.29 is 4.79 Å². The fourth-order valence-corrected chi connectivity index (χ4v) is 4.58. The number of aromatic nitrogens is 1. The maximum atomic E-state index is 12.2. The first-order valence-electron chi connectivity index (χ1n) is 11.1. The number of hydrogen-bond acceptors (Lipinski definition) is 3. The third-order valence-electron chi connectivity index (χ3n) is 6.23. The molecular formula is C26H32N4O. The zero-order chi connectivity index (χ0) is 22.0. The summed E-state index contributed by atoms with van der Waals surface area (Å²) in [6.45, 7) is 15.1. The summed E-state index contributed by atoms with van der Waals surface area (Å²) in [5.41, 5.74) is 8.72. The molecule has 1 aromatic heterocycles. The molecule has 0 radical (unpaired) electrons. The molecule has 2 aliphatic rings. The lowest BCUT2D eigenvalue weighted by Crippen LogP contribution is -2.47. The van der Waals surface area contributed by atoms with E-state index in [1.54, 1.807) is 0 Å². The van der Waals surface area contributed by atoms with Crippen LogP contribution in [0, 0.1) is 0 Å². The normalized spacial score (nSPS) is 16.7. The van der Waals surface area contributed by atoms with Crippen LogP contribution in [0.5, 0.6) is 0 Å². The van der Waals surface area contributed by atoms with Crippen molar-refractivity contribution >= 4 is 35.0 Å². The summed E-state index contributed by atoms with van der Waals surface area (Å²) in [4.78, 5) is 20.6. The minimum atomic E-state index is 0.0185. The van der Waals surface area contributed by atoms with Gasteiger partial charge in [0.2, 0.25) is 0 Å². The minimum Gasteiger partial charge on any atom is -0.367 e. The summed E-state index contributed by atoms with van der Waals surface area (Å²) in [5.74, 6) is 0.0185. The Balaban J connectivity index is 1.37. The van der Waals surface area contributed by atoms with E-state index in [0.29, 0.717) is 0 Å². The summed E-state index contributed by atoms with van der Waals surface area (Å²) in [7, 11) is 0. The lowest BCUT2D eigenvalue weighted by atomic mass is 9.99. The lowest BCUT2D eigenvalue weighted by molar-refractivity contribution is -0.110. The van der Waals surface area contributed by atoms with Crippen molar-refractivity contribution in [1.82, 2.24) is 9.88 Å². The molecule has 3 heterocycles. The largest absolute Gasteiger partial charge is 0.367 e. The van der Waals surface area contributed by atoms with Gasteiger partial charge < -0.3 is 15.2 Å². The highest BCUT2D eigenvalue weighted by atomic mass is 16.2. The zero-order valence-electron chi connectivity index (χ0n) is 18.8. The second-order valence-electron chi connectivity index (χ2n) is 8.49. The van der Waals surface area contributed by atoms with Crippen LogP contribution in [0.25, 0.3) is 17.7 Å². The molecule has 5 heteroatoms. The van der Waals surface area contributed by atoms with Crippen molar-refractivity contribution in [2.24, 2.45) is 0 Å². The molecule has 5 nitrogen and oxygen atoms in total. The third-order valence-corrected chi connectivity index (χ3v) is 6.23. The maximum absolute atomic E-state index is 12.2. The number of hydrogen-bond donors (Lipinski definition) is 2. The first-order chi connectivity index (χ1) is 15.0. The Bertz CT molecular complexity index is 1050. The average molecular weight is 417 g/mol. The molecule has 0 spiro atoms. The molecule has 31 heavy (non-hydrogen) atoms. The number of aromatic amines is 1. The number of amides is 1. The van der Waals surface area contributed by atoms with Crippen LogP contribution in [0.3, 0.4) is 0 Å². The highest BCUT2D eigenvalue weighted by Crippen LogP contribution is 2.34. The van der Waals surface area contributed by atoms with Gasteiger partial charge in [-0.05, 0) is 51.0 Å². The van der Waals surface area contributed by atoms with Crippen molar-refractivity contribution in [2.75, 3.05) is 42.9 Å². The van der Waals surface area contributed by atoms with E-state index in [1.807, 2.05) is 32.9 Å². The molecule has 0 aliphatic carbocycles. The summed E-state index contributed by atoms with van der Waals surface area (Å²) < 4.78 is 0. The van der Waals surface area contributed by atoms with Gasteiger partial charge in [-0.3, -0.25) is 9.69 Å². The number of nitrogens with zero attached hydrogens (tertiary/aromatic N) is 2. The van der Waals surface area contributed by atoms with E-state index in [9.17, 15) is 4.79 Å². The van der Waals surface area contributed by atoms with Crippen molar-refractivity contribution in [1.29, 1.82) is 0 Å². The minimum absolute atomic E-state index is 0.0185. The number of piperazine rings is 1. The van der Waals surface area contributed by atoms with Gasteiger partial charge in [0.15, 0.2) is 0 Å².